The smallest absolute Gasteiger partial charge is 0.493 e. The number of aromatic nitrogens is 6. The van der Waals surface area contributed by atoms with E-state index in [1.54, 1.807) is 24.3 Å². The lowest BCUT2D eigenvalue weighted by Gasteiger charge is -2.39. The van der Waals surface area contributed by atoms with E-state index in [0.717, 1.165) is 33.5 Å². The lowest BCUT2D eigenvalue weighted by Crippen LogP contribution is -2.43. The van der Waals surface area contributed by atoms with Gasteiger partial charge in [-0.05, 0) is 118 Å². The number of esters is 2. The molecule has 0 radical (unpaired) electrons. The fourth-order valence-corrected chi connectivity index (χ4v) is 12.9. The summed E-state index contributed by atoms with van der Waals surface area (Å²) in [6.07, 6.45) is -2.15. The van der Waals surface area contributed by atoms with Crippen LogP contribution in [0.2, 0.25) is 0 Å². The zero-order valence-corrected chi connectivity index (χ0v) is 49.5. The van der Waals surface area contributed by atoms with E-state index in [4.69, 9.17) is 56.8 Å². The first-order chi connectivity index (χ1) is 44.5. The number of fused-ring (bicyclic) bond motifs is 6. The number of nitrogens with one attached hydrogen (secondary N) is 2. The van der Waals surface area contributed by atoms with Crippen LogP contribution in [0, 0.1) is 29.5 Å². The number of cyclic esters (lactones) is 2. The van der Waals surface area contributed by atoms with E-state index >= 15 is 0 Å². The van der Waals surface area contributed by atoms with E-state index < -0.39 is 89.3 Å². The molecule has 2 saturated heterocycles. The first-order valence-corrected chi connectivity index (χ1v) is 28.4. The van der Waals surface area contributed by atoms with Crippen molar-refractivity contribution >= 4 is 23.8 Å². The molecule has 8 aromatic rings. The Hall–Kier alpha value is -11.0. The second kappa shape index (κ2) is 24.1. The number of hydrogen-bond donors (Lipinski definition) is 2. The number of methoxy groups -OCH3 is 6. The molecule has 2 aromatic heterocycles. The van der Waals surface area contributed by atoms with Crippen LogP contribution in [0.1, 0.15) is 78.3 Å². The Labute approximate surface area is 519 Å². The summed E-state index contributed by atoms with van der Waals surface area (Å²) in [7, 11) is 9.06. The highest BCUT2D eigenvalue weighted by atomic mass is 19.4. The standard InChI is InChI=1S/C32H27F3N4O9.C31H27FN4O8/c1-42-24-7-15(8-25(43-2)29(24)44-3)26-18-10-22-23(47-14-46-22)11-19(18)28(20-13-45-31(41)27(20)26)36-30(40)21-12-39(38-37-21)16-5-4-6-17(9-16)48-32(33,34)35;1-39-24-8-15(9-25(40-2)29(24)41-3)26-18-10-22-23(44-14-43-22)11-19(18)28(20-13-42-31(38)27(20)26)33-30(37)21-12-36(35-34-21)17-6-4-16(32)5-7-17/h4-12,20,26-28H,13-14H2,1-3H3,(H,36,40);4-12,20,26-28H,13-14H2,1-3H3,(H,33,37)/t2*20-,26+,27-,28+/m00/s1. The highest BCUT2D eigenvalue weighted by Crippen LogP contribution is 2.58. The van der Waals surface area contributed by atoms with E-state index in [2.05, 4.69) is 36.0 Å². The number of carbonyl (C=O) groups excluding carboxylic acids is 4. The van der Waals surface area contributed by atoms with Crippen molar-refractivity contribution in [3.05, 3.63) is 160 Å². The highest BCUT2D eigenvalue weighted by Gasteiger charge is 2.55. The quantitative estimate of drug-likeness (QED) is 0.0729. The maximum Gasteiger partial charge on any atom is 0.573 e. The minimum Gasteiger partial charge on any atom is -0.493 e. The molecule has 0 spiro atoms. The Morgan fingerprint density at radius 3 is 1.34 bits per heavy atom. The lowest BCUT2D eigenvalue weighted by molar-refractivity contribution is -0.274. The summed E-state index contributed by atoms with van der Waals surface area (Å²) in [5.74, 6) is -1.80. The van der Waals surface area contributed by atoms with Crippen molar-refractivity contribution < 1.29 is 98.3 Å². The third kappa shape index (κ3) is 10.9. The van der Waals surface area contributed by atoms with Crippen LogP contribution in [0.25, 0.3) is 11.4 Å². The number of halogens is 4. The van der Waals surface area contributed by atoms with Gasteiger partial charge < -0.3 is 72.2 Å². The normalized spacial score (nSPS) is 21.0. The molecule has 2 N–H and O–H groups in total. The number of ether oxygens (including phenoxy) is 13. The molecule has 0 unspecified atom stereocenters. The number of rotatable bonds is 15. The Bertz CT molecular complexity index is 4170. The number of carbonyl (C=O) groups is 4. The van der Waals surface area contributed by atoms with Crippen molar-refractivity contribution in [3.63, 3.8) is 0 Å². The Kier molecular flexibility index (Phi) is 15.7. The predicted molar refractivity (Wildman–Crippen MR) is 307 cm³/mol. The summed E-state index contributed by atoms with van der Waals surface area (Å²) in [5, 5.41) is 22.0. The van der Waals surface area contributed by atoms with Gasteiger partial charge in [-0.1, -0.05) is 16.5 Å². The van der Waals surface area contributed by atoms with Gasteiger partial charge in [0.25, 0.3) is 11.8 Å². The molecule has 2 aliphatic carbocycles. The van der Waals surface area contributed by atoms with Crippen LogP contribution >= 0.6 is 0 Å². The molecule has 2 fully saturated rings. The van der Waals surface area contributed by atoms with Gasteiger partial charge in [0.05, 0.1) is 104 Å². The van der Waals surface area contributed by atoms with Crippen molar-refractivity contribution in [1.82, 2.24) is 40.6 Å². The van der Waals surface area contributed by atoms with Crippen molar-refractivity contribution in [2.45, 2.75) is 30.3 Å². The molecule has 0 saturated carbocycles. The molecule has 476 valence electrons. The minimum absolute atomic E-state index is 0.00266. The molecular weight excluding hydrogens is 1220 g/mol. The number of nitrogens with zero attached hydrogens (tertiary/aromatic N) is 6. The molecule has 6 heterocycles. The zero-order chi connectivity index (χ0) is 64.3. The molecule has 6 aromatic carbocycles. The maximum absolute atomic E-state index is 13.7. The second-order valence-corrected chi connectivity index (χ2v) is 21.7. The topological polar surface area (TPSA) is 274 Å². The fourth-order valence-electron chi connectivity index (χ4n) is 12.9. The molecule has 4 aliphatic heterocycles. The van der Waals surface area contributed by atoms with E-state index in [9.17, 15) is 36.7 Å². The average molecular weight is 1270 g/mol. The van der Waals surface area contributed by atoms with Crippen LogP contribution in [-0.4, -0.2) is 130 Å². The van der Waals surface area contributed by atoms with E-state index in [0.29, 0.717) is 79.9 Å². The SMILES string of the molecule is COc1cc([C@@H]2c3cc4c(cc3[C@@H](NC(=O)c3cn(-c5ccc(F)cc5)nn3)[C@H]3COC(=O)[C@H]23)OCO4)cc(OC)c1OC.COc1cc([C@@H]2c3cc4c(cc3[C@@H](NC(=O)c3cn(-c5cccc(OC(F)(F)F)c5)nn3)[C@H]3COC(=O)[C@H]23)OCO4)cc(OC)c1OC. The van der Waals surface area contributed by atoms with Crippen LogP contribution < -0.4 is 62.7 Å². The lowest BCUT2D eigenvalue weighted by atomic mass is 9.65. The third-order valence-corrected chi connectivity index (χ3v) is 16.9. The number of hydrogen-bond acceptors (Lipinski definition) is 21. The molecule has 29 heteroatoms. The van der Waals surface area contributed by atoms with Crippen LogP contribution in [0.5, 0.6) is 63.2 Å². The zero-order valence-electron chi connectivity index (χ0n) is 49.5. The highest BCUT2D eigenvalue weighted by molar-refractivity contribution is 5.93. The van der Waals surface area contributed by atoms with E-state index in [1.807, 2.05) is 24.3 Å². The molecule has 0 bridgehead atoms. The fraction of sp³-hybridized carbons (Fsp3) is 0.302. The largest absolute Gasteiger partial charge is 0.573 e. The summed E-state index contributed by atoms with van der Waals surface area (Å²) < 4.78 is 126. The molecule has 25 nitrogen and oxygen atoms in total. The van der Waals surface area contributed by atoms with Crippen molar-refractivity contribution in [2.75, 3.05) is 69.5 Å². The van der Waals surface area contributed by atoms with Gasteiger partial charge in [0, 0.05) is 29.7 Å². The molecular formula is C63H54F4N8O17. The van der Waals surface area contributed by atoms with E-state index in [1.165, 1.54) is 96.1 Å². The van der Waals surface area contributed by atoms with Gasteiger partial charge in [0.15, 0.2) is 57.4 Å². The molecule has 6 aliphatic rings. The monoisotopic (exact) mass is 1270 g/mol. The van der Waals surface area contributed by atoms with Gasteiger partial charge >= 0.3 is 18.3 Å². The van der Waals surface area contributed by atoms with Gasteiger partial charge in [-0.3, -0.25) is 19.2 Å². The summed E-state index contributed by atoms with van der Waals surface area (Å²) in [6.45, 7) is 0.149. The molecule has 2 amide bonds. The Balaban J connectivity index is 0.000000169. The molecule has 14 rings (SSSR count). The van der Waals surface area contributed by atoms with Gasteiger partial charge in [-0.25, -0.2) is 13.8 Å². The molecule has 92 heavy (non-hydrogen) atoms. The van der Waals surface area contributed by atoms with Crippen LogP contribution in [0.4, 0.5) is 17.6 Å². The maximum atomic E-state index is 13.7. The minimum atomic E-state index is -4.88. The van der Waals surface area contributed by atoms with Gasteiger partial charge in [0.2, 0.25) is 25.1 Å². The molecule has 8 atom stereocenters. The van der Waals surface area contributed by atoms with Crippen LogP contribution in [0.15, 0.2) is 109 Å². The summed E-state index contributed by atoms with van der Waals surface area (Å²) in [4.78, 5) is 54.2. The number of amides is 2. The Morgan fingerprint density at radius 1 is 0.522 bits per heavy atom. The predicted octanol–water partition coefficient (Wildman–Crippen LogP) is 7.89. The average Bonchev–Trinajstić information content (AvgIpc) is 1.21. The summed E-state index contributed by atoms with van der Waals surface area (Å²) in [5.41, 5.74) is 4.91. The summed E-state index contributed by atoms with van der Waals surface area (Å²) >= 11 is 0. The first-order valence-electron chi connectivity index (χ1n) is 28.4. The van der Waals surface area contributed by atoms with Gasteiger partial charge in [0.1, 0.15) is 11.6 Å². The Morgan fingerprint density at radius 2 is 0.935 bits per heavy atom. The first kappa shape index (κ1) is 59.9. The van der Waals surface area contributed by atoms with Gasteiger partial charge in [-0.2, -0.15) is 0 Å². The van der Waals surface area contributed by atoms with Crippen molar-refractivity contribution in [1.29, 1.82) is 0 Å². The van der Waals surface area contributed by atoms with Crippen LogP contribution in [-0.2, 0) is 19.1 Å². The number of benzene rings is 6. The second-order valence-electron chi connectivity index (χ2n) is 21.7. The van der Waals surface area contributed by atoms with E-state index in [-0.39, 0.29) is 43.9 Å². The third-order valence-electron chi connectivity index (χ3n) is 16.9. The van der Waals surface area contributed by atoms with Crippen molar-refractivity contribution in [2.24, 2.45) is 23.7 Å². The van der Waals surface area contributed by atoms with Crippen molar-refractivity contribution in [3.8, 4) is 74.6 Å². The van der Waals surface area contributed by atoms with Gasteiger partial charge in [-0.15, -0.1) is 23.4 Å². The number of alkyl halides is 3. The van der Waals surface area contributed by atoms with Crippen LogP contribution in [0.3, 0.4) is 0 Å². The summed E-state index contributed by atoms with van der Waals surface area (Å²) in [6, 6.07) is 23.8.